The number of nitrogens with one attached hydrogen (secondary N) is 1. The molecule has 9 nitrogen and oxygen atoms in total. The molecular weight excluding hydrogens is 432 g/mol. The van der Waals surface area contributed by atoms with Gasteiger partial charge >= 0.3 is 0 Å². The smallest absolute Gasteiger partial charge is 0.251 e. The van der Waals surface area contributed by atoms with Crippen molar-refractivity contribution in [3.63, 3.8) is 0 Å². The second-order valence-corrected chi connectivity index (χ2v) is 8.61. The summed E-state index contributed by atoms with van der Waals surface area (Å²) in [7, 11) is 1.54. The van der Waals surface area contributed by atoms with Crippen molar-refractivity contribution in [1.82, 2.24) is 25.5 Å². The zero-order chi connectivity index (χ0) is 24.1. The molecule has 2 aromatic carbocycles. The number of methoxy groups -OCH3 is 1. The van der Waals surface area contributed by atoms with Crippen LogP contribution >= 0.6 is 0 Å². The highest BCUT2D eigenvalue weighted by atomic mass is 16.5. The van der Waals surface area contributed by atoms with Crippen LogP contribution in [0.15, 0.2) is 48.5 Å². The van der Waals surface area contributed by atoms with Gasteiger partial charge in [-0.15, -0.1) is 10.2 Å². The number of carbonyl (C=O) groups excluding carboxylic acids is 2. The molecule has 1 heterocycles. The van der Waals surface area contributed by atoms with Crippen LogP contribution in [0.1, 0.15) is 38.2 Å². The van der Waals surface area contributed by atoms with E-state index in [4.69, 9.17) is 4.74 Å². The van der Waals surface area contributed by atoms with Crippen LogP contribution in [0.2, 0.25) is 0 Å². The predicted molar refractivity (Wildman–Crippen MR) is 128 cm³/mol. The molecule has 178 valence electrons. The second kappa shape index (κ2) is 10.5. The zero-order valence-corrected chi connectivity index (χ0v) is 19.8. The van der Waals surface area contributed by atoms with Crippen molar-refractivity contribution in [3.8, 4) is 17.1 Å². The Morgan fingerprint density at radius 3 is 2.56 bits per heavy atom. The van der Waals surface area contributed by atoms with Crippen LogP contribution < -0.4 is 15.0 Å². The molecule has 0 aliphatic heterocycles. The number of aromatic nitrogens is 4. The average Bonchev–Trinajstić information content (AvgIpc) is 3.52. The van der Waals surface area contributed by atoms with Gasteiger partial charge in [-0.3, -0.25) is 14.5 Å². The van der Waals surface area contributed by atoms with Crippen LogP contribution in [0.4, 0.5) is 5.69 Å². The zero-order valence-electron chi connectivity index (χ0n) is 19.8. The number of anilines is 1. The molecule has 9 heteroatoms. The van der Waals surface area contributed by atoms with Crippen molar-refractivity contribution < 1.29 is 14.3 Å². The number of hydrogen-bond acceptors (Lipinski definition) is 6. The van der Waals surface area contributed by atoms with Gasteiger partial charge in [-0.1, -0.05) is 54.8 Å². The van der Waals surface area contributed by atoms with Crippen molar-refractivity contribution in [2.75, 3.05) is 12.0 Å². The van der Waals surface area contributed by atoms with Gasteiger partial charge in [-0.2, -0.15) is 4.80 Å². The maximum atomic E-state index is 13.5. The van der Waals surface area contributed by atoms with Crippen LogP contribution in [0.3, 0.4) is 0 Å². The molecule has 1 aliphatic carbocycles. The summed E-state index contributed by atoms with van der Waals surface area (Å²) in [4.78, 5) is 29.3. The number of carbonyl (C=O) groups is 2. The Kier molecular flexibility index (Phi) is 7.20. The van der Waals surface area contributed by atoms with E-state index in [1.54, 1.807) is 19.1 Å². The first-order chi connectivity index (χ1) is 16.5. The minimum absolute atomic E-state index is 0.152. The maximum Gasteiger partial charge on any atom is 0.251 e. The summed E-state index contributed by atoms with van der Waals surface area (Å²) in [5.41, 5.74) is 2.46. The van der Waals surface area contributed by atoms with Crippen LogP contribution in [0.5, 0.6) is 5.75 Å². The van der Waals surface area contributed by atoms with Gasteiger partial charge in [0.2, 0.25) is 11.7 Å². The third kappa shape index (κ3) is 5.24. The van der Waals surface area contributed by atoms with Crippen molar-refractivity contribution in [2.45, 2.75) is 58.2 Å². The van der Waals surface area contributed by atoms with Gasteiger partial charge in [0.25, 0.3) is 5.91 Å². The lowest BCUT2D eigenvalue weighted by molar-refractivity contribution is -0.127. The van der Waals surface area contributed by atoms with Crippen molar-refractivity contribution >= 4 is 17.5 Å². The fraction of sp³-hybridized carbons (Fsp3) is 0.400. The summed E-state index contributed by atoms with van der Waals surface area (Å²) in [6, 6.07) is 14.3. The van der Waals surface area contributed by atoms with Gasteiger partial charge < -0.3 is 10.1 Å². The van der Waals surface area contributed by atoms with Gasteiger partial charge in [-0.05, 0) is 44.0 Å². The molecule has 1 saturated carbocycles. The van der Waals surface area contributed by atoms with E-state index in [0.29, 0.717) is 17.3 Å². The number of hydrogen-bond donors (Lipinski definition) is 1. The SMILES string of the molecule is COc1ccccc1N(C(=O)Cn1nnc(-c2ccc(C)cc2)n1)C(C)C(=O)NC1CCCC1. The fourth-order valence-electron chi connectivity index (χ4n) is 4.22. The predicted octanol–water partition coefficient (Wildman–Crippen LogP) is 3.14. The standard InChI is InChI=1S/C25H30N6O3/c1-17-12-14-19(15-13-17)24-27-29-30(28-24)16-23(32)31(21-10-6-7-11-22(21)34-3)18(2)25(33)26-20-8-4-5-9-20/h6-7,10-15,18,20H,4-5,8-9,16H2,1-3H3,(H,26,33). The van der Waals surface area contributed by atoms with Crippen molar-refractivity contribution in [1.29, 1.82) is 0 Å². The van der Waals surface area contributed by atoms with Crippen LogP contribution in [-0.2, 0) is 16.1 Å². The van der Waals surface area contributed by atoms with Crippen molar-refractivity contribution in [3.05, 3.63) is 54.1 Å². The number of nitrogens with zero attached hydrogens (tertiary/aromatic N) is 5. The first-order valence-electron chi connectivity index (χ1n) is 11.6. The lowest BCUT2D eigenvalue weighted by Gasteiger charge is -2.30. The second-order valence-electron chi connectivity index (χ2n) is 8.61. The Morgan fingerprint density at radius 2 is 1.85 bits per heavy atom. The van der Waals surface area contributed by atoms with Crippen molar-refractivity contribution in [2.24, 2.45) is 0 Å². The lowest BCUT2D eigenvalue weighted by Crippen LogP contribution is -2.51. The van der Waals surface area contributed by atoms with Gasteiger partial charge in [0.15, 0.2) is 0 Å². The molecule has 34 heavy (non-hydrogen) atoms. The van der Waals surface area contributed by atoms with E-state index in [9.17, 15) is 9.59 Å². The summed E-state index contributed by atoms with van der Waals surface area (Å²) in [5.74, 6) is 0.399. The van der Waals surface area contributed by atoms with E-state index in [2.05, 4.69) is 20.7 Å². The number of benzene rings is 2. The van der Waals surface area contributed by atoms with Gasteiger partial charge in [0.1, 0.15) is 18.3 Å². The Hall–Kier alpha value is -3.75. The number of aryl methyl sites for hydroxylation is 1. The molecule has 3 aromatic rings. The average molecular weight is 463 g/mol. The van der Waals surface area contributed by atoms with Gasteiger partial charge in [0, 0.05) is 11.6 Å². The minimum atomic E-state index is -0.746. The van der Waals surface area contributed by atoms with Crippen LogP contribution in [-0.4, -0.2) is 51.2 Å². The first kappa shape index (κ1) is 23.4. The maximum absolute atomic E-state index is 13.5. The lowest BCUT2D eigenvalue weighted by atomic mass is 10.1. The highest BCUT2D eigenvalue weighted by Gasteiger charge is 2.31. The molecule has 0 saturated heterocycles. The topological polar surface area (TPSA) is 102 Å². The van der Waals surface area contributed by atoms with Crippen LogP contribution in [0.25, 0.3) is 11.4 Å². The number of amides is 2. The number of tetrazole rings is 1. The Bertz CT molecular complexity index is 1140. The normalized spacial score (nSPS) is 14.6. The summed E-state index contributed by atoms with van der Waals surface area (Å²) in [6.07, 6.45) is 4.14. The number of ether oxygens (including phenoxy) is 1. The molecule has 0 radical (unpaired) electrons. The molecule has 2 amide bonds. The summed E-state index contributed by atoms with van der Waals surface area (Å²) >= 11 is 0. The number of rotatable bonds is 8. The van der Waals surface area contributed by atoms with Gasteiger partial charge in [0.05, 0.1) is 12.8 Å². The highest BCUT2D eigenvalue weighted by molar-refractivity contribution is 6.01. The van der Waals surface area contributed by atoms with E-state index in [1.807, 2.05) is 43.3 Å². The molecule has 4 rings (SSSR count). The highest BCUT2D eigenvalue weighted by Crippen LogP contribution is 2.30. The van der Waals surface area contributed by atoms with E-state index >= 15 is 0 Å². The Morgan fingerprint density at radius 1 is 1.15 bits per heavy atom. The molecule has 1 N–H and O–H groups in total. The van der Waals surface area contributed by atoms with E-state index in [1.165, 1.54) is 16.8 Å². The van der Waals surface area contributed by atoms with E-state index < -0.39 is 6.04 Å². The third-order valence-corrected chi connectivity index (χ3v) is 6.12. The molecule has 1 atom stereocenters. The summed E-state index contributed by atoms with van der Waals surface area (Å²) in [5, 5.41) is 15.6. The van der Waals surface area contributed by atoms with Crippen LogP contribution in [0, 0.1) is 6.92 Å². The van der Waals surface area contributed by atoms with E-state index in [-0.39, 0.29) is 24.4 Å². The molecule has 0 spiro atoms. The quantitative estimate of drug-likeness (QED) is 0.552. The Labute approximate surface area is 199 Å². The largest absolute Gasteiger partial charge is 0.495 e. The molecular formula is C25H30N6O3. The monoisotopic (exact) mass is 462 g/mol. The molecule has 0 bridgehead atoms. The molecule has 1 unspecified atom stereocenters. The van der Waals surface area contributed by atoms with Gasteiger partial charge in [-0.25, -0.2) is 0 Å². The molecule has 1 aliphatic rings. The summed E-state index contributed by atoms with van der Waals surface area (Å²) < 4.78 is 5.49. The molecule has 1 aromatic heterocycles. The first-order valence-corrected chi connectivity index (χ1v) is 11.6. The number of para-hydroxylation sites is 2. The van der Waals surface area contributed by atoms with E-state index in [0.717, 1.165) is 36.8 Å². The third-order valence-electron chi connectivity index (χ3n) is 6.12. The molecule has 1 fully saturated rings. The fourth-order valence-corrected chi connectivity index (χ4v) is 4.22. The summed E-state index contributed by atoms with van der Waals surface area (Å²) in [6.45, 7) is 3.56. The minimum Gasteiger partial charge on any atom is -0.495 e. The Balaban J connectivity index is 1.57.